The molecule has 94 heavy (non-hydrogen) atoms. The van der Waals surface area contributed by atoms with Crippen LogP contribution in [-0.2, 0) is 74.9 Å². The molecule has 502 valence electrons. The predicted molar refractivity (Wildman–Crippen MR) is 334 cm³/mol. The third-order valence-corrected chi connectivity index (χ3v) is 13.6. The Balaban J connectivity index is 0.000000573. The van der Waals surface area contributed by atoms with Gasteiger partial charge < -0.3 is 64.8 Å². The minimum absolute atomic E-state index is 0. The van der Waals surface area contributed by atoms with E-state index in [0.717, 1.165) is 85.6 Å². The number of rotatable bonds is 22. The molecule has 2 amide bonds. The summed E-state index contributed by atoms with van der Waals surface area (Å²) in [5, 5.41) is 80.6. The summed E-state index contributed by atoms with van der Waals surface area (Å²) >= 11 is 0. The van der Waals surface area contributed by atoms with Gasteiger partial charge in [-0.15, -0.1) is 29.8 Å². The molecule has 4 atom stereocenters. The minimum Gasteiger partial charge on any atom is -0.479 e. The molecule has 2 saturated heterocycles. The van der Waals surface area contributed by atoms with Crippen molar-refractivity contribution in [2.24, 2.45) is 0 Å². The smallest absolute Gasteiger partial charge is 0.414 e. The number of carbonyl (C=O) groups excluding carboxylic acids is 2. The maximum atomic E-state index is 14.1. The summed E-state index contributed by atoms with van der Waals surface area (Å²) in [7, 11) is 1.39. The van der Waals surface area contributed by atoms with Gasteiger partial charge in [-0.05, 0) is 67.5 Å². The van der Waals surface area contributed by atoms with E-state index in [0.29, 0.717) is 58.8 Å². The monoisotopic (exact) mass is 1510 g/mol. The predicted octanol–water partition coefficient (Wildman–Crippen LogP) is 11.4. The van der Waals surface area contributed by atoms with Crippen molar-refractivity contribution in [3.63, 3.8) is 0 Å². The number of nitro groups is 4. The molecule has 6 aromatic rings. The van der Waals surface area contributed by atoms with E-state index in [-0.39, 0.29) is 134 Å². The Morgan fingerprint density at radius 2 is 0.947 bits per heavy atom. The molecule has 0 aromatic heterocycles. The molecule has 38 heteroatoms. The van der Waals surface area contributed by atoms with Gasteiger partial charge in [0.15, 0.2) is 29.1 Å². The third-order valence-electron chi connectivity index (χ3n) is 11.9. The van der Waals surface area contributed by atoms with Crippen LogP contribution in [0.4, 0.5) is 102 Å². The van der Waals surface area contributed by atoms with Crippen molar-refractivity contribution in [3.8, 4) is 0 Å². The molecule has 2 fully saturated rings. The van der Waals surface area contributed by atoms with Gasteiger partial charge in [0.05, 0.1) is 75.9 Å². The normalized spacial score (nSPS) is 13.4. The molecule has 6 aromatic carbocycles. The van der Waals surface area contributed by atoms with Gasteiger partial charge in [0, 0.05) is 132 Å². The number of ether oxygens (including phenoxy) is 2. The number of amides is 2. The van der Waals surface area contributed by atoms with Crippen LogP contribution in [0.25, 0.3) is 10.8 Å². The van der Waals surface area contributed by atoms with Gasteiger partial charge in [-0.25, -0.2) is 44.7 Å². The number of nitro benzene ring substituents is 4. The van der Waals surface area contributed by atoms with Gasteiger partial charge in [0.25, 0.3) is 22.7 Å². The van der Waals surface area contributed by atoms with E-state index in [1.807, 2.05) is 30.9 Å². The minimum atomic E-state index is -1.71. The maximum Gasteiger partial charge on any atom is 0.414 e. The average molecular weight is 1510 g/mol. The largest absolute Gasteiger partial charge is 0.479 e. The molecular formula is C56H58F8N12O14P2Y2-4. The van der Waals surface area contributed by atoms with Crippen LogP contribution in [0.15, 0.2) is 109 Å². The first-order valence-electron chi connectivity index (χ1n) is 26.4. The summed E-state index contributed by atoms with van der Waals surface area (Å²) in [6, 6.07) is 21.7. The molecule has 26 nitrogen and oxygen atoms in total. The van der Waals surface area contributed by atoms with Crippen LogP contribution in [0.2, 0.25) is 0 Å². The SMILES string of the molecule is O=[N+]([O-])c1cc(F)c(F)c(F)c1.O=[N+]([O-])c1cc(F)c(NCCO)c(F)c1.O=[N+]([O-])c1ccc(F)cc1.O=[N+]([O-])c1ccc(NCCO)cc1.[CH2-]CN(C=[N-])c1c(F)cc(N2C[C@H](CPC)OC2=O)cc1F.[CH2-]CN(C=[N-])c1ccc(N2C[C@H](CPC)OC2=O)cc1.[Y].[Y]. The van der Waals surface area contributed by atoms with Gasteiger partial charge >= 0.3 is 12.2 Å². The summed E-state index contributed by atoms with van der Waals surface area (Å²) in [6.45, 7) is 12.7. The molecule has 2 radical (unpaired) electrons. The fourth-order valence-corrected chi connectivity index (χ4v) is 8.88. The first kappa shape index (κ1) is 84.4. The van der Waals surface area contributed by atoms with Crippen molar-refractivity contribution in [1.29, 1.82) is 0 Å². The number of nitrogens with zero attached hydrogens (tertiary/aromatic N) is 10. The van der Waals surface area contributed by atoms with E-state index < -0.39 is 95.1 Å². The number of cyclic esters (lactones) is 2. The van der Waals surface area contributed by atoms with Crippen molar-refractivity contribution >= 4 is 98.9 Å². The summed E-state index contributed by atoms with van der Waals surface area (Å²) in [6.07, 6.45) is 2.01. The Labute approximate surface area is 585 Å². The van der Waals surface area contributed by atoms with E-state index in [1.54, 1.807) is 21.9 Å². The van der Waals surface area contributed by atoms with Crippen molar-refractivity contribution < 1.29 is 150 Å². The van der Waals surface area contributed by atoms with E-state index in [4.69, 9.17) is 30.5 Å². The van der Waals surface area contributed by atoms with Gasteiger partial charge in [-0.3, -0.25) is 50.3 Å². The Bertz CT molecular complexity index is 3420. The first-order chi connectivity index (χ1) is 43.7. The second-order valence-electron chi connectivity index (χ2n) is 18.1. The summed E-state index contributed by atoms with van der Waals surface area (Å²) < 4.78 is 114. The Hall–Kier alpha value is -7.57. The number of aliphatic hydroxyl groups is 2. The maximum absolute atomic E-state index is 14.1. The van der Waals surface area contributed by atoms with Crippen molar-refractivity contribution in [3.05, 3.63) is 221 Å². The zero-order valence-corrected chi connectivity index (χ0v) is 57.3. The summed E-state index contributed by atoms with van der Waals surface area (Å²) in [5.41, 5.74) is 0.0947. The van der Waals surface area contributed by atoms with Crippen LogP contribution in [0.3, 0.4) is 0 Å². The molecule has 0 saturated carbocycles. The topological polar surface area (TPSA) is 347 Å². The zero-order chi connectivity index (χ0) is 68.8. The standard InChI is InChI=1S/C14H16F2N3O2P.C14H18N3O2P.C8H8F2N2O3.C8H10N2O3.C6H2F3NO2.C6H4FNO2.2Y/c1-3-18(8-17)13-11(15)4-9(5-12(13)16)19-6-10(7-22-2)21-14(19)20;1-3-16(10-15)11-4-6-12(7-5-11)17-8-13(9-20-2)19-14(17)18;9-6-3-5(12(14)15)4-7(10)8(6)11-1-2-13;11-6-5-9-7-1-3-8(4-2-7)10(12)13;7-4-1-3(10(11)12)2-5(8)6(4)9;7-5-1-3-6(4-2-5)8(9)10;;/h4-5,8,10,22H,1,3,6-7H2,2H3;4-7,10,13,20H,1,3,8-9H2,2H3;3-4,11,13H,1-2H2;1-4,9,11H,5-6H2;1-2H;1-4H;;/q2*-2;;;;;;/t10-;13-;;;;;;/m11....../s1. The number of anilines is 6. The van der Waals surface area contributed by atoms with Crippen molar-refractivity contribution in [2.75, 3.05) is 108 Å². The van der Waals surface area contributed by atoms with Gasteiger partial charge in [0.1, 0.15) is 35.3 Å². The van der Waals surface area contributed by atoms with Crippen LogP contribution >= 0.6 is 17.2 Å². The number of hydrogen-bond acceptors (Lipinski definition) is 16. The quantitative estimate of drug-likeness (QED) is 0.00717. The van der Waals surface area contributed by atoms with E-state index in [9.17, 15) is 85.2 Å². The molecule has 2 heterocycles. The number of aliphatic hydroxyl groups excluding tert-OH is 2. The number of halogens is 8. The number of benzene rings is 6. The first-order valence-corrected chi connectivity index (χ1v) is 29.8. The fourth-order valence-electron chi connectivity index (χ4n) is 7.55. The molecule has 2 unspecified atom stereocenters. The Morgan fingerprint density at radius 1 is 0.564 bits per heavy atom. The molecule has 4 N–H and O–H groups in total. The van der Waals surface area contributed by atoms with Crippen LogP contribution in [-0.4, -0.2) is 145 Å². The second-order valence-corrected chi connectivity index (χ2v) is 20.3. The number of non-ortho nitro benzene ring substituents is 4. The van der Waals surface area contributed by atoms with E-state index in [1.165, 1.54) is 17.0 Å². The average Bonchev–Trinajstić information content (AvgIpc) is 1.48. The van der Waals surface area contributed by atoms with Crippen LogP contribution in [0.1, 0.15) is 0 Å². The molecule has 2 aliphatic rings. The van der Waals surface area contributed by atoms with Crippen LogP contribution in [0.5, 0.6) is 0 Å². The molecule has 0 spiro atoms. The molecular weight excluding hydrogens is 1460 g/mol. The summed E-state index contributed by atoms with van der Waals surface area (Å²) in [5.74, 6) is -9.21. The number of carbonyl (C=O) groups is 2. The fraction of sp³-hybridized carbons (Fsp3) is 0.250. The van der Waals surface area contributed by atoms with Gasteiger partial charge in [0.2, 0.25) is 0 Å². The third kappa shape index (κ3) is 26.7. The van der Waals surface area contributed by atoms with Gasteiger partial charge in [-0.2, -0.15) is 13.1 Å². The van der Waals surface area contributed by atoms with Crippen molar-refractivity contribution in [2.45, 2.75) is 12.2 Å². The van der Waals surface area contributed by atoms with Crippen LogP contribution < -0.4 is 30.2 Å². The molecule has 0 aliphatic carbocycles. The van der Waals surface area contributed by atoms with Gasteiger partial charge in [-0.1, -0.05) is 12.1 Å². The van der Waals surface area contributed by atoms with E-state index in [2.05, 4.69) is 31.1 Å². The number of nitrogens with one attached hydrogen (secondary N) is 2. The Morgan fingerprint density at radius 3 is 1.32 bits per heavy atom. The Kier molecular flexibility index (Phi) is 39.0. The van der Waals surface area contributed by atoms with Crippen LogP contribution in [0, 0.1) is 101 Å². The summed E-state index contributed by atoms with van der Waals surface area (Å²) in [4.78, 5) is 66.6. The van der Waals surface area contributed by atoms with Crippen molar-refractivity contribution in [1.82, 2.24) is 0 Å². The number of hydrogen-bond donors (Lipinski definition) is 4. The van der Waals surface area contributed by atoms with E-state index >= 15 is 0 Å². The zero-order valence-electron chi connectivity index (χ0n) is 49.6. The molecule has 0 bridgehead atoms. The second kappa shape index (κ2) is 43.4. The molecule has 8 rings (SSSR count). The molecule has 2 aliphatic heterocycles.